The van der Waals surface area contributed by atoms with Crippen molar-refractivity contribution in [3.63, 3.8) is 0 Å². The Hall–Kier alpha value is -2.22. The van der Waals surface area contributed by atoms with Crippen LogP contribution >= 0.6 is 0 Å². The molecule has 2 aromatic rings. The Morgan fingerprint density at radius 3 is 2.67 bits per heavy atom. The summed E-state index contributed by atoms with van der Waals surface area (Å²) >= 11 is 0. The molecule has 18 heavy (non-hydrogen) atoms. The van der Waals surface area contributed by atoms with Gasteiger partial charge in [0.05, 0.1) is 5.56 Å². The van der Waals surface area contributed by atoms with Crippen molar-refractivity contribution in [1.82, 2.24) is 19.1 Å². The second kappa shape index (κ2) is 3.64. The number of carbonyl (C=O) groups is 1. The fourth-order valence-electron chi connectivity index (χ4n) is 1.81. The quantitative estimate of drug-likeness (QED) is 0.766. The molecule has 0 N–H and O–H groups in total. The van der Waals surface area contributed by atoms with Gasteiger partial charge in [0.1, 0.15) is 24.2 Å². The summed E-state index contributed by atoms with van der Waals surface area (Å²) in [6.45, 7) is -0.171. The zero-order valence-corrected chi connectivity index (χ0v) is 9.91. The van der Waals surface area contributed by atoms with E-state index in [1.807, 2.05) is 0 Å². The van der Waals surface area contributed by atoms with Gasteiger partial charge >= 0.3 is 0 Å². The Kier molecular flexibility index (Phi) is 2.20. The van der Waals surface area contributed by atoms with E-state index in [0.29, 0.717) is 0 Å². The molecular formula is C10H8N4O3S. The van der Waals surface area contributed by atoms with Crippen LogP contribution in [0, 0.1) is 0 Å². The number of benzene rings is 1. The lowest BCUT2D eigenvalue weighted by Gasteiger charge is -2.14. The van der Waals surface area contributed by atoms with E-state index in [1.54, 1.807) is 12.1 Å². The molecule has 0 unspecified atom stereocenters. The Balaban J connectivity index is 2.07. The third kappa shape index (κ3) is 1.42. The molecule has 0 fully saturated rings. The molecule has 3 rings (SSSR count). The average molecular weight is 264 g/mol. The van der Waals surface area contributed by atoms with E-state index in [-0.39, 0.29) is 17.1 Å². The molecule has 0 saturated heterocycles. The molecule has 0 atom stereocenters. The van der Waals surface area contributed by atoms with Gasteiger partial charge in [0.2, 0.25) is 0 Å². The normalized spacial score (nSPS) is 16.9. The lowest BCUT2D eigenvalue weighted by molar-refractivity contribution is 0.0840. The number of rotatable bonds is 2. The predicted octanol–water partition coefficient (Wildman–Crippen LogP) is 0.0803. The van der Waals surface area contributed by atoms with E-state index in [4.69, 9.17) is 0 Å². The highest BCUT2D eigenvalue weighted by molar-refractivity contribution is 7.90. The van der Waals surface area contributed by atoms with Crippen molar-refractivity contribution in [2.24, 2.45) is 0 Å². The highest BCUT2D eigenvalue weighted by atomic mass is 32.2. The van der Waals surface area contributed by atoms with Gasteiger partial charge in [-0.25, -0.2) is 22.4 Å². The number of nitrogens with zero attached hydrogens (tertiary/aromatic N) is 4. The van der Waals surface area contributed by atoms with Crippen LogP contribution in [0.5, 0.6) is 0 Å². The largest absolute Gasteiger partial charge is 0.270 e. The van der Waals surface area contributed by atoms with E-state index in [9.17, 15) is 13.2 Å². The Morgan fingerprint density at radius 1 is 1.22 bits per heavy atom. The Morgan fingerprint density at radius 2 is 2.00 bits per heavy atom. The summed E-state index contributed by atoms with van der Waals surface area (Å²) in [7, 11) is -3.78. The van der Waals surface area contributed by atoms with Crippen molar-refractivity contribution >= 4 is 15.9 Å². The molecule has 0 spiro atoms. The summed E-state index contributed by atoms with van der Waals surface area (Å²) in [6.07, 6.45) is 2.63. The monoisotopic (exact) mass is 264 g/mol. The first-order valence-electron chi connectivity index (χ1n) is 5.09. The zero-order valence-electron chi connectivity index (χ0n) is 9.09. The molecule has 2 heterocycles. The number of fused-ring (bicyclic) bond motifs is 1. The van der Waals surface area contributed by atoms with E-state index < -0.39 is 15.9 Å². The topological polar surface area (TPSA) is 85.2 Å². The molecule has 1 aliphatic heterocycles. The van der Waals surface area contributed by atoms with Crippen molar-refractivity contribution in [3.05, 3.63) is 42.5 Å². The summed E-state index contributed by atoms with van der Waals surface area (Å²) < 4.78 is 26.4. The number of sulfonamides is 1. The van der Waals surface area contributed by atoms with Gasteiger partial charge in [0, 0.05) is 0 Å². The first-order valence-corrected chi connectivity index (χ1v) is 6.53. The number of hydrogen-bond donors (Lipinski definition) is 0. The van der Waals surface area contributed by atoms with Crippen LogP contribution in [0.2, 0.25) is 0 Å². The summed E-state index contributed by atoms with van der Waals surface area (Å²) in [5, 5.41) is 3.79. The van der Waals surface area contributed by atoms with Crippen LogP contribution in [0.4, 0.5) is 0 Å². The second-order valence-corrected chi connectivity index (χ2v) is 5.56. The van der Waals surface area contributed by atoms with Crippen molar-refractivity contribution in [1.29, 1.82) is 0 Å². The van der Waals surface area contributed by atoms with Crippen LogP contribution < -0.4 is 0 Å². The molecule has 0 bridgehead atoms. The third-order valence-corrected chi connectivity index (χ3v) is 4.43. The van der Waals surface area contributed by atoms with Crippen molar-refractivity contribution in [2.75, 3.05) is 0 Å². The number of hydrogen-bond acceptors (Lipinski definition) is 5. The smallest absolute Gasteiger partial charge is 0.268 e. The first kappa shape index (κ1) is 10.9. The number of aromatic nitrogens is 3. The fraction of sp³-hybridized carbons (Fsp3) is 0.100. The molecule has 1 aromatic carbocycles. The van der Waals surface area contributed by atoms with Crippen molar-refractivity contribution in [2.45, 2.75) is 11.6 Å². The van der Waals surface area contributed by atoms with Gasteiger partial charge in [0.15, 0.2) is 0 Å². The van der Waals surface area contributed by atoms with E-state index in [2.05, 4.69) is 10.1 Å². The molecule has 1 aromatic heterocycles. The predicted molar refractivity (Wildman–Crippen MR) is 59.8 cm³/mol. The molecule has 1 amide bonds. The maximum atomic E-state index is 12.2. The van der Waals surface area contributed by atoms with E-state index in [1.165, 1.54) is 29.5 Å². The summed E-state index contributed by atoms with van der Waals surface area (Å²) in [5.74, 6) is -0.541. The highest BCUT2D eigenvalue weighted by Crippen LogP contribution is 2.29. The molecule has 1 aliphatic rings. The average Bonchev–Trinajstić information content (AvgIpc) is 2.93. The van der Waals surface area contributed by atoms with E-state index in [0.717, 1.165) is 4.31 Å². The minimum absolute atomic E-state index is 0.0371. The molecule has 7 nitrogen and oxygen atoms in total. The summed E-state index contributed by atoms with van der Waals surface area (Å²) in [6, 6.07) is 6.13. The standard InChI is InChI=1S/C10H8N4O3S/c15-10-8-3-1-2-4-9(8)18(16,17)14(10)7-13-6-11-5-12-13/h1-6H,7H2. The zero-order chi connectivity index (χ0) is 12.8. The van der Waals surface area contributed by atoms with Crippen LogP contribution in [-0.4, -0.2) is 33.4 Å². The van der Waals surface area contributed by atoms with Gasteiger partial charge in [0.25, 0.3) is 15.9 Å². The van der Waals surface area contributed by atoms with Crippen LogP contribution in [0.1, 0.15) is 10.4 Å². The molecule has 8 heteroatoms. The lowest BCUT2D eigenvalue weighted by Crippen LogP contribution is -2.32. The van der Waals surface area contributed by atoms with Gasteiger partial charge in [-0.05, 0) is 12.1 Å². The molecule has 0 saturated carbocycles. The van der Waals surface area contributed by atoms with Crippen LogP contribution in [0.25, 0.3) is 0 Å². The van der Waals surface area contributed by atoms with Crippen molar-refractivity contribution < 1.29 is 13.2 Å². The van der Waals surface area contributed by atoms with Crippen LogP contribution in [-0.2, 0) is 16.7 Å². The van der Waals surface area contributed by atoms with Gasteiger partial charge in [-0.1, -0.05) is 12.1 Å². The molecular weight excluding hydrogens is 256 g/mol. The fourth-order valence-corrected chi connectivity index (χ4v) is 3.32. The summed E-state index contributed by atoms with van der Waals surface area (Å²) in [4.78, 5) is 15.8. The maximum absolute atomic E-state index is 12.2. The summed E-state index contributed by atoms with van der Waals surface area (Å²) in [5.41, 5.74) is 0.192. The maximum Gasteiger partial charge on any atom is 0.270 e. The van der Waals surface area contributed by atoms with Crippen LogP contribution in [0.15, 0.2) is 41.8 Å². The molecule has 0 aliphatic carbocycles. The van der Waals surface area contributed by atoms with Gasteiger partial charge < -0.3 is 0 Å². The number of amides is 1. The minimum Gasteiger partial charge on any atom is -0.268 e. The van der Waals surface area contributed by atoms with Gasteiger partial charge in [-0.2, -0.15) is 5.10 Å². The van der Waals surface area contributed by atoms with Gasteiger partial charge in [-0.15, -0.1) is 0 Å². The number of carbonyl (C=O) groups excluding carboxylic acids is 1. The van der Waals surface area contributed by atoms with E-state index >= 15 is 0 Å². The lowest BCUT2D eigenvalue weighted by atomic mass is 10.2. The van der Waals surface area contributed by atoms with Crippen molar-refractivity contribution in [3.8, 4) is 0 Å². The SMILES string of the molecule is O=C1c2ccccc2S(=O)(=O)N1Cn1cncn1. The van der Waals surface area contributed by atoms with Gasteiger partial charge in [-0.3, -0.25) is 4.79 Å². The minimum atomic E-state index is -3.78. The second-order valence-electron chi connectivity index (χ2n) is 3.73. The highest BCUT2D eigenvalue weighted by Gasteiger charge is 2.40. The Bertz CT molecular complexity index is 708. The van der Waals surface area contributed by atoms with Crippen LogP contribution in [0.3, 0.4) is 0 Å². The Labute approximate surface area is 103 Å². The molecule has 92 valence electrons. The first-order chi connectivity index (χ1) is 8.60. The third-order valence-electron chi connectivity index (χ3n) is 2.65. The molecule has 0 radical (unpaired) electrons.